The maximum Gasteiger partial charge on any atom is 0.0239 e. The number of hydrogen-bond acceptors (Lipinski definition) is 2. The lowest BCUT2D eigenvalue weighted by molar-refractivity contribution is 0.0563. The smallest absolute Gasteiger partial charge is 0.0239 e. The molecule has 2 saturated carbocycles. The van der Waals surface area contributed by atoms with Crippen LogP contribution in [0.15, 0.2) is 24.3 Å². The summed E-state index contributed by atoms with van der Waals surface area (Å²) in [5.41, 5.74) is 3.16. The third kappa shape index (κ3) is 2.64. The van der Waals surface area contributed by atoms with Crippen molar-refractivity contribution in [2.75, 3.05) is 13.1 Å². The molecule has 2 fully saturated rings. The Balaban J connectivity index is 1.40. The minimum Gasteiger partial charge on any atom is -0.314 e. The predicted octanol–water partition coefficient (Wildman–Crippen LogP) is 2.97. The molecule has 0 aromatic heterocycles. The number of aryl methyl sites for hydroxylation is 1. The largest absolute Gasteiger partial charge is 0.314 e. The van der Waals surface area contributed by atoms with Crippen molar-refractivity contribution in [1.82, 2.24) is 10.2 Å². The highest BCUT2D eigenvalue weighted by Crippen LogP contribution is 2.35. The van der Waals surface area contributed by atoms with E-state index < -0.39 is 0 Å². The first-order valence-electron chi connectivity index (χ1n) is 8.44. The van der Waals surface area contributed by atoms with Gasteiger partial charge in [0.05, 0.1) is 0 Å². The number of nitrogens with one attached hydrogen (secondary N) is 1. The summed E-state index contributed by atoms with van der Waals surface area (Å²) >= 11 is 0. The number of nitrogens with zero attached hydrogens (tertiary/aromatic N) is 1. The van der Waals surface area contributed by atoms with Gasteiger partial charge in [-0.1, -0.05) is 24.3 Å². The van der Waals surface area contributed by atoms with Gasteiger partial charge < -0.3 is 5.32 Å². The van der Waals surface area contributed by atoms with Gasteiger partial charge in [-0.3, -0.25) is 4.90 Å². The summed E-state index contributed by atoms with van der Waals surface area (Å²) < 4.78 is 0. The average Bonchev–Trinajstić information content (AvgIpc) is 3.24. The lowest BCUT2D eigenvalue weighted by Crippen LogP contribution is -2.50. The molecule has 2 atom stereocenters. The third-order valence-electron chi connectivity index (χ3n) is 5.48. The van der Waals surface area contributed by atoms with E-state index in [0.29, 0.717) is 0 Å². The van der Waals surface area contributed by atoms with Crippen LogP contribution in [-0.2, 0) is 13.0 Å². The minimum absolute atomic E-state index is 0.840. The molecule has 1 N–H and O–H groups in total. The molecule has 1 heterocycles. The van der Waals surface area contributed by atoms with E-state index in [1.165, 1.54) is 58.2 Å². The fourth-order valence-corrected chi connectivity index (χ4v) is 3.88. The molecule has 0 spiro atoms. The Morgan fingerprint density at radius 1 is 1.05 bits per heavy atom. The molecule has 4 rings (SSSR count). The van der Waals surface area contributed by atoms with Gasteiger partial charge in [-0.2, -0.15) is 0 Å². The Morgan fingerprint density at radius 3 is 2.65 bits per heavy atom. The highest BCUT2D eigenvalue weighted by atomic mass is 15.2. The zero-order valence-corrected chi connectivity index (χ0v) is 12.4. The molecule has 0 saturated heterocycles. The van der Waals surface area contributed by atoms with Gasteiger partial charge in [0.15, 0.2) is 0 Å². The first-order valence-corrected chi connectivity index (χ1v) is 8.44. The van der Waals surface area contributed by atoms with Gasteiger partial charge in [0, 0.05) is 18.6 Å². The van der Waals surface area contributed by atoms with Gasteiger partial charge in [0.2, 0.25) is 0 Å². The second kappa shape index (κ2) is 5.50. The van der Waals surface area contributed by atoms with E-state index in [2.05, 4.69) is 34.5 Å². The van der Waals surface area contributed by atoms with E-state index in [4.69, 9.17) is 0 Å². The summed E-state index contributed by atoms with van der Waals surface area (Å²) in [4.78, 5) is 2.77. The van der Waals surface area contributed by atoms with E-state index in [1.807, 2.05) is 0 Å². The molecule has 0 radical (unpaired) electrons. The summed E-state index contributed by atoms with van der Waals surface area (Å²) in [5, 5.41) is 3.74. The monoisotopic (exact) mass is 270 g/mol. The molecule has 0 amide bonds. The molecule has 2 aliphatic carbocycles. The van der Waals surface area contributed by atoms with Crippen LogP contribution in [0.25, 0.3) is 0 Å². The molecular weight excluding hydrogens is 244 g/mol. The van der Waals surface area contributed by atoms with Crippen LogP contribution in [0.2, 0.25) is 0 Å². The van der Waals surface area contributed by atoms with Crippen LogP contribution in [0.5, 0.6) is 0 Å². The molecule has 1 aromatic carbocycles. The molecule has 3 aliphatic rings. The SMILES string of the molecule is c1ccc2c(c1)CCCN(C1CCC1CNC1CC1)C2. The fraction of sp³-hybridized carbons (Fsp3) is 0.667. The van der Waals surface area contributed by atoms with E-state index in [1.54, 1.807) is 11.1 Å². The Kier molecular flexibility index (Phi) is 3.53. The second-order valence-electron chi connectivity index (χ2n) is 6.93. The molecule has 2 nitrogen and oxygen atoms in total. The lowest BCUT2D eigenvalue weighted by atomic mass is 9.78. The Morgan fingerprint density at radius 2 is 1.90 bits per heavy atom. The van der Waals surface area contributed by atoms with Gasteiger partial charge in [-0.05, 0) is 68.7 Å². The molecule has 2 heteroatoms. The van der Waals surface area contributed by atoms with Gasteiger partial charge >= 0.3 is 0 Å². The maximum atomic E-state index is 3.74. The molecule has 0 bridgehead atoms. The van der Waals surface area contributed by atoms with Crippen molar-refractivity contribution >= 4 is 0 Å². The lowest BCUT2D eigenvalue weighted by Gasteiger charge is -2.44. The first kappa shape index (κ1) is 12.8. The summed E-state index contributed by atoms with van der Waals surface area (Å²) in [7, 11) is 0. The van der Waals surface area contributed by atoms with Crippen molar-refractivity contribution in [3.05, 3.63) is 35.4 Å². The van der Waals surface area contributed by atoms with E-state index >= 15 is 0 Å². The van der Waals surface area contributed by atoms with Gasteiger partial charge in [0.25, 0.3) is 0 Å². The van der Waals surface area contributed by atoms with Crippen LogP contribution in [-0.4, -0.2) is 30.1 Å². The number of hydrogen-bond donors (Lipinski definition) is 1. The Labute approximate surface area is 122 Å². The Hall–Kier alpha value is -0.860. The molecule has 1 aliphatic heterocycles. The van der Waals surface area contributed by atoms with Crippen LogP contribution in [0.1, 0.15) is 43.2 Å². The third-order valence-corrected chi connectivity index (χ3v) is 5.48. The van der Waals surface area contributed by atoms with Gasteiger partial charge in [-0.25, -0.2) is 0 Å². The van der Waals surface area contributed by atoms with Gasteiger partial charge in [-0.15, -0.1) is 0 Å². The standard InChI is InChI=1S/C18H26N2/c1-2-5-16-13-20(11-3-6-14(16)4-1)18-10-7-15(18)12-19-17-8-9-17/h1-2,4-5,15,17-19H,3,6-13H2. The average molecular weight is 270 g/mol. The minimum atomic E-state index is 0.840. The van der Waals surface area contributed by atoms with Gasteiger partial charge in [0.1, 0.15) is 0 Å². The predicted molar refractivity (Wildman–Crippen MR) is 82.7 cm³/mol. The molecule has 1 aromatic rings. The van der Waals surface area contributed by atoms with Crippen LogP contribution >= 0.6 is 0 Å². The zero-order valence-electron chi connectivity index (χ0n) is 12.4. The fourth-order valence-electron chi connectivity index (χ4n) is 3.88. The number of rotatable bonds is 4. The van der Waals surface area contributed by atoms with Crippen molar-refractivity contribution < 1.29 is 0 Å². The molecule has 20 heavy (non-hydrogen) atoms. The van der Waals surface area contributed by atoms with Crippen molar-refractivity contribution in [2.24, 2.45) is 5.92 Å². The number of benzene rings is 1. The van der Waals surface area contributed by atoms with Crippen molar-refractivity contribution in [3.63, 3.8) is 0 Å². The highest BCUT2D eigenvalue weighted by Gasteiger charge is 2.36. The molecule has 2 unspecified atom stereocenters. The van der Waals surface area contributed by atoms with Crippen molar-refractivity contribution in [2.45, 2.75) is 57.2 Å². The van der Waals surface area contributed by atoms with Crippen LogP contribution in [0, 0.1) is 5.92 Å². The van der Waals surface area contributed by atoms with E-state index in [-0.39, 0.29) is 0 Å². The van der Waals surface area contributed by atoms with Crippen LogP contribution in [0.4, 0.5) is 0 Å². The topological polar surface area (TPSA) is 15.3 Å². The zero-order chi connectivity index (χ0) is 13.4. The van der Waals surface area contributed by atoms with Crippen molar-refractivity contribution in [1.29, 1.82) is 0 Å². The van der Waals surface area contributed by atoms with Crippen LogP contribution in [0.3, 0.4) is 0 Å². The molecule has 108 valence electrons. The quantitative estimate of drug-likeness (QED) is 0.905. The second-order valence-corrected chi connectivity index (χ2v) is 6.93. The molecular formula is C18H26N2. The summed E-state index contributed by atoms with van der Waals surface area (Å²) in [5.74, 6) is 0.904. The van der Waals surface area contributed by atoms with Crippen LogP contribution < -0.4 is 5.32 Å². The van der Waals surface area contributed by atoms with E-state index in [9.17, 15) is 0 Å². The van der Waals surface area contributed by atoms with E-state index in [0.717, 1.165) is 18.0 Å². The number of fused-ring (bicyclic) bond motifs is 1. The summed E-state index contributed by atoms with van der Waals surface area (Å²) in [6.45, 7) is 3.73. The van der Waals surface area contributed by atoms with Crippen molar-refractivity contribution in [3.8, 4) is 0 Å². The first-order chi connectivity index (χ1) is 9.90. The summed E-state index contributed by atoms with van der Waals surface area (Å²) in [6, 6.07) is 10.8. The normalized spacial score (nSPS) is 30.4. The maximum absolute atomic E-state index is 3.74. The Bertz CT molecular complexity index is 466. The summed E-state index contributed by atoms with van der Waals surface area (Å²) in [6.07, 6.45) is 8.27. The highest BCUT2D eigenvalue weighted by molar-refractivity contribution is 5.28.